The molecule has 0 radical (unpaired) electrons. The van der Waals surface area contributed by atoms with Gasteiger partial charge in [0.1, 0.15) is 5.82 Å². The zero-order chi connectivity index (χ0) is 15.7. The summed E-state index contributed by atoms with van der Waals surface area (Å²) < 4.78 is 14.5. The normalized spacial score (nSPS) is 26.9. The molecule has 0 aromatic heterocycles. The van der Waals surface area contributed by atoms with Gasteiger partial charge in [-0.05, 0) is 72.6 Å². The maximum atomic E-state index is 13.5. The van der Waals surface area contributed by atoms with Gasteiger partial charge in [-0.2, -0.15) is 0 Å². The fourth-order valence-electron chi connectivity index (χ4n) is 3.54. The van der Waals surface area contributed by atoms with Crippen LogP contribution in [0.5, 0.6) is 0 Å². The second-order valence-corrected chi connectivity index (χ2v) is 8.81. The van der Waals surface area contributed by atoms with E-state index in [1.165, 1.54) is 18.9 Å². The highest BCUT2D eigenvalue weighted by molar-refractivity contribution is 9.10. The second kappa shape index (κ2) is 6.58. The van der Waals surface area contributed by atoms with E-state index >= 15 is 0 Å². The monoisotopic (exact) mass is 374 g/mol. The minimum Gasteiger partial charge on any atom is -0.207 e. The van der Waals surface area contributed by atoms with Crippen LogP contribution in [0.15, 0.2) is 22.7 Å². The lowest BCUT2D eigenvalue weighted by Crippen LogP contribution is -2.35. The molecule has 3 heteroatoms. The maximum absolute atomic E-state index is 13.5. The van der Waals surface area contributed by atoms with Crippen LogP contribution in [0.25, 0.3) is 0 Å². The molecule has 2 rings (SSSR count). The van der Waals surface area contributed by atoms with Gasteiger partial charge in [-0.15, -0.1) is 11.6 Å². The molecule has 0 nitrogen and oxygen atoms in total. The minimum atomic E-state index is -0.165. The predicted molar refractivity (Wildman–Crippen MR) is 92.4 cm³/mol. The Labute approximate surface area is 141 Å². The highest BCUT2D eigenvalue weighted by atomic mass is 79.9. The number of benzene rings is 1. The van der Waals surface area contributed by atoms with Crippen molar-refractivity contribution < 1.29 is 4.39 Å². The van der Waals surface area contributed by atoms with Crippen LogP contribution in [-0.2, 0) is 6.42 Å². The van der Waals surface area contributed by atoms with Crippen molar-refractivity contribution in [1.29, 1.82) is 0 Å². The summed E-state index contributed by atoms with van der Waals surface area (Å²) in [5.74, 6) is 1.26. The average molecular weight is 376 g/mol. The molecule has 0 N–H and O–H groups in total. The molecule has 1 aromatic carbocycles. The first-order valence-corrected chi connectivity index (χ1v) is 9.08. The summed E-state index contributed by atoms with van der Waals surface area (Å²) in [6.07, 6.45) is 5.60. The highest BCUT2D eigenvalue weighted by Crippen LogP contribution is 2.48. The van der Waals surface area contributed by atoms with Gasteiger partial charge in [0.2, 0.25) is 0 Å². The summed E-state index contributed by atoms with van der Waals surface area (Å²) in [5, 5.41) is 0. The van der Waals surface area contributed by atoms with Crippen molar-refractivity contribution in [2.24, 2.45) is 16.7 Å². The zero-order valence-corrected chi connectivity index (χ0v) is 15.5. The van der Waals surface area contributed by atoms with Crippen LogP contribution in [0.3, 0.4) is 0 Å². The van der Waals surface area contributed by atoms with Gasteiger partial charge in [0.05, 0.1) is 0 Å². The summed E-state index contributed by atoms with van der Waals surface area (Å²) in [6.45, 7) is 6.98. The maximum Gasteiger partial charge on any atom is 0.123 e. The lowest BCUT2D eigenvalue weighted by atomic mass is 9.63. The van der Waals surface area contributed by atoms with E-state index in [-0.39, 0.29) is 11.2 Å². The van der Waals surface area contributed by atoms with Gasteiger partial charge in [-0.25, -0.2) is 4.39 Å². The lowest BCUT2D eigenvalue weighted by molar-refractivity contribution is 0.102. The SMILES string of the molecule is CC(C)(C)C1CCC(CCl)(Cc2cc(F)ccc2Br)CC1. The first kappa shape index (κ1) is 17.3. The van der Waals surface area contributed by atoms with Gasteiger partial charge >= 0.3 is 0 Å². The molecule has 1 saturated carbocycles. The number of halogens is 3. The molecule has 1 aliphatic rings. The molecule has 0 atom stereocenters. The lowest BCUT2D eigenvalue weighted by Gasteiger charge is -2.43. The Morgan fingerprint density at radius 3 is 2.43 bits per heavy atom. The van der Waals surface area contributed by atoms with E-state index in [1.807, 2.05) is 0 Å². The van der Waals surface area contributed by atoms with Crippen molar-refractivity contribution in [3.63, 3.8) is 0 Å². The molecule has 0 amide bonds. The highest BCUT2D eigenvalue weighted by Gasteiger charge is 2.38. The molecule has 0 aliphatic heterocycles. The molecule has 1 aliphatic carbocycles. The third-order valence-corrected chi connectivity index (χ3v) is 6.47. The Kier molecular flexibility index (Phi) is 5.41. The largest absolute Gasteiger partial charge is 0.207 e. The number of alkyl halides is 1. The van der Waals surface area contributed by atoms with Gasteiger partial charge in [0, 0.05) is 10.4 Å². The Morgan fingerprint density at radius 2 is 1.90 bits per heavy atom. The molecule has 0 spiro atoms. The predicted octanol–water partition coefficient (Wildman–Crippen LogP) is 6.59. The standard InChI is InChI=1S/C18H25BrClF/c1-17(2,3)14-6-8-18(12-20,9-7-14)11-13-10-15(21)4-5-16(13)19/h4-5,10,14H,6-9,11-12H2,1-3H3. The third-order valence-electron chi connectivity index (χ3n) is 5.13. The molecule has 0 saturated heterocycles. The van der Waals surface area contributed by atoms with Gasteiger partial charge in [0.25, 0.3) is 0 Å². The Hall–Kier alpha value is -0.0800. The zero-order valence-electron chi connectivity index (χ0n) is 13.2. The van der Waals surface area contributed by atoms with E-state index in [0.717, 1.165) is 35.2 Å². The van der Waals surface area contributed by atoms with Crippen LogP contribution < -0.4 is 0 Å². The number of rotatable bonds is 3. The molecule has 1 fully saturated rings. The van der Waals surface area contributed by atoms with Crippen LogP contribution in [0.1, 0.15) is 52.0 Å². The smallest absolute Gasteiger partial charge is 0.123 e. The van der Waals surface area contributed by atoms with Crippen molar-refractivity contribution in [2.75, 3.05) is 5.88 Å². The number of hydrogen-bond acceptors (Lipinski definition) is 0. The van der Waals surface area contributed by atoms with E-state index in [4.69, 9.17) is 11.6 Å². The van der Waals surface area contributed by atoms with Crippen LogP contribution in [-0.4, -0.2) is 5.88 Å². The van der Waals surface area contributed by atoms with Crippen molar-refractivity contribution in [2.45, 2.75) is 52.9 Å². The Morgan fingerprint density at radius 1 is 1.29 bits per heavy atom. The molecule has 118 valence electrons. The first-order valence-electron chi connectivity index (χ1n) is 7.76. The fraction of sp³-hybridized carbons (Fsp3) is 0.667. The van der Waals surface area contributed by atoms with Crippen molar-refractivity contribution in [3.05, 3.63) is 34.1 Å². The van der Waals surface area contributed by atoms with Gasteiger partial charge in [-0.1, -0.05) is 36.7 Å². The molecule has 0 unspecified atom stereocenters. The van der Waals surface area contributed by atoms with Crippen LogP contribution >= 0.6 is 27.5 Å². The van der Waals surface area contributed by atoms with Gasteiger partial charge < -0.3 is 0 Å². The molecule has 0 heterocycles. The third kappa shape index (κ3) is 4.22. The second-order valence-electron chi connectivity index (χ2n) is 7.69. The van der Waals surface area contributed by atoms with E-state index in [0.29, 0.717) is 11.3 Å². The van der Waals surface area contributed by atoms with Crippen molar-refractivity contribution in [1.82, 2.24) is 0 Å². The van der Waals surface area contributed by atoms with E-state index in [9.17, 15) is 4.39 Å². The summed E-state index contributed by atoms with van der Waals surface area (Å²) >= 11 is 9.88. The topological polar surface area (TPSA) is 0 Å². The van der Waals surface area contributed by atoms with Gasteiger partial charge in [0.15, 0.2) is 0 Å². The Balaban J connectivity index is 2.12. The van der Waals surface area contributed by atoms with Gasteiger partial charge in [-0.3, -0.25) is 0 Å². The molecule has 21 heavy (non-hydrogen) atoms. The van der Waals surface area contributed by atoms with Crippen LogP contribution in [0, 0.1) is 22.6 Å². The summed E-state index contributed by atoms with van der Waals surface area (Å²) in [6, 6.07) is 4.94. The molecule has 0 bridgehead atoms. The number of hydrogen-bond donors (Lipinski definition) is 0. The molecule has 1 aromatic rings. The summed E-state index contributed by atoms with van der Waals surface area (Å²) in [5.41, 5.74) is 1.54. The molecular formula is C18H25BrClF. The minimum absolute atomic E-state index is 0.125. The van der Waals surface area contributed by atoms with E-state index < -0.39 is 0 Å². The van der Waals surface area contributed by atoms with Crippen molar-refractivity contribution >= 4 is 27.5 Å². The average Bonchev–Trinajstić information content (AvgIpc) is 2.42. The van der Waals surface area contributed by atoms with E-state index in [2.05, 4.69) is 36.7 Å². The van der Waals surface area contributed by atoms with Crippen LogP contribution in [0.4, 0.5) is 4.39 Å². The fourth-order valence-corrected chi connectivity index (χ4v) is 4.29. The summed E-state index contributed by atoms with van der Waals surface area (Å²) in [4.78, 5) is 0. The quantitative estimate of drug-likeness (QED) is 0.523. The first-order chi connectivity index (χ1) is 9.76. The van der Waals surface area contributed by atoms with Crippen molar-refractivity contribution in [3.8, 4) is 0 Å². The Bertz CT molecular complexity index is 484. The van der Waals surface area contributed by atoms with E-state index in [1.54, 1.807) is 12.1 Å². The summed E-state index contributed by atoms with van der Waals surface area (Å²) in [7, 11) is 0. The van der Waals surface area contributed by atoms with Crippen LogP contribution in [0.2, 0.25) is 0 Å². The molecular weight excluding hydrogens is 351 g/mol.